The van der Waals surface area contributed by atoms with Crippen molar-refractivity contribution in [3.05, 3.63) is 41.0 Å². The van der Waals surface area contributed by atoms with Crippen molar-refractivity contribution in [2.75, 3.05) is 6.61 Å². The van der Waals surface area contributed by atoms with Crippen molar-refractivity contribution >= 4 is 23.4 Å². The molecule has 132 valence electrons. The summed E-state index contributed by atoms with van der Waals surface area (Å²) < 4.78 is 9.46. The van der Waals surface area contributed by atoms with Gasteiger partial charge in [0.25, 0.3) is 0 Å². The Morgan fingerprint density at radius 2 is 1.92 bits per heavy atom. The molecule has 0 aliphatic carbocycles. The van der Waals surface area contributed by atoms with E-state index in [1.165, 1.54) is 5.56 Å². The van der Waals surface area contributed by atoms with Crippen LogP contribution in [-0.2, 0) is 19.3 Å². The number of nitrogens with zero attached hydrogens (tertiary/aromatic N) is 5. The van der Waals surface area contributed by atoms with E-state index in [9.17, 15) is 0 Å². The maximum Gasteiger partial charge on any atom is 0.243 e. The quantitative estimate of drug-likeness (QED) is 0.581. The molecule has 0 amide bonds. The second-order valence-electron chi connectivity index (χ2n) is 5.42. The third-order valence-electron chi connectivity index (χ3n) is 3.69. The lowest BCUT2D eigenvalue weighted by molar-refractivity contribution is 0.322. The summed E-state index contributed by atoms with van der Waals surface area (Å²) >= 11 is 7.56. The maximum absolute atomic E-state index is 5.93. The van der Waals surface area contributed by atoms with Crippen LogP contribution in [0.15, 0.2) is 35.6 Å². The highest BCUT2D eigenvalue weighted by Gasteiger charge is 2.19. The minimum atomic E-state index is 0.559. The molecule has 0 atom stereocenters. The standard InChI is InChI=1S/C17H20ClN5OS/c1-4-23-10-14(16(21-23)24-5-2)15-19-20-17(22(15)3)25-11-12-6-8-13(18)9-7-12/h6-10H,4-5,11H2,1-3H3. The zero-order valence-corrected chi connectivity index (χ0v) is 16.0. The van der Waals surface area contributed by atoms with E-state index in [2.05, 4.69) is 15.3 Å². The molecule has 0 saturated carbocycles. The lowest BCUT2D eigenvalue weighted by atomic mass is 10.2. The molecule has 0 aliphatic heterocycles. The molecular formula is C17H20ClN5OS. The first kappa shape index (κ1) is 17.8. The van der Waals surface area contributed by atoms with E-state index in [1.807, 2.05) is 60.6 Å². The van der Waals surface area contributed by atoms with Gasteiger partial charge in [0.1, 0.15) is 5.56 Å². The topological polar surface area (TPSA) is 57.8 Å². The number of benzene rings is 1. The molecule has 0 unspecified atom stereocenters. The summed E-state index contributed by atoms with van der Waals surface area (Å²) in [6.45, 7) is 5.31. The third kappa shape index (κ3) is 3.99. The number of rotatable bonds is 7. The van der Waals surface area contributed by atoms with Crippen LogP contribution in [0.2, 0.25) is 5.02 Å². The van der Waals surface area contributed by atoms with Gasteiger partial charge in [0.2, 0.25) is 5.88 Å². The van der Waals surface area contributed by atoms with Crippen molar-refractivity contribution in [1.29, 1.82) is 0 Å². The number of halogens is 1. The average molecular weight is 378 g/mol. The summed E-state index contributed by atoms with van der Waals surface area (Å²) in [5.74, 6) is 2.14. The van der Waals surface area contributed by atoms with Gasteiger partial charge in [0, 0.05) is 30.6 Å². The van der Waals surface area contributed by atoms with Crippen LogP contribution in [0.25, 0.3) is 11.4 Å². The van der Waals surface area contributed by atoms with Gasteiger partial charge >= 0.3 is 0 Å². The van der Waals surface area contributed by atoms with E-state index < -0.39 is 0 Å². The number of aryl methyl sites for hydroxylation is 1. The molecule has 0 fully saturated rings. The number of thioether (sulfide) groups is 1. The summed E-state index contributed by atoms with van der Waals surface area (Å²) in [6, 6.07) is 7.83. The molecule has 0 spiro atoms. The van der Waals surface area contributed by atoms with E-state index in [4.69, 9.17) is 16.3 Å². The molecule has 25 heavy (non-hydrogen) atoms. The number of hydrogen-bond acceptors (Lipinski definition) is 5. The lowest BCUT2D eigenvalue weighted by Crippen LogP contribution is -1.98. The molecule has 0 bridgehead atoms. The monoisotopic (exact) mass is 377 g/mol. The van der Waals surface area contributed by atoms with Crippen molar-refractivity contribution < 1.29 is 4.74 Å². The van der Waals surface area contributed by atoms with Gasteiger partial charge in [0.05, 0.1) is 6.61 Å². The van der Waals surface area contributed by atoms with E-state index in [0.29, 0.717) is 12.5 Å². The van der Waals surface area contributed by atoms with Crippen molar-refractivity contribution in [3.63, 3.8) is 0 Å². The van der Waals surface area contributed by atoms with Crippen molar-refractivity contribution in [2.24, 2.45) is 7.05 Å². The van der Waals surface area contributed by atoms with Crippen LogP contribution in [0, 0.1) is 0 Å². The van der Waals surface area contributed by atoms with Gasteiger partial charge in [-0.3, -0.25) is 4.68 Å². The maximum atomic E-state index is 5.93. The van der Waals surface area contributed by atoms with Gasteiger partial charge in [-0.25, -0.2) is 0 Å². The Morgan fingerprint density at radius 3 is 2.60 bits per heavy atom. The Bertz CT molecular complexity index is 843. The molecular weight excluding hydrogens is 358 g/mol. The molecule has 0 aliphatic rings. The number of ether oxygens (including phenoxy) is 1. The van der Waals surface area contributed by atoms with E-state index in [-0.39, 0.29) is 0 Å². The Balaban J connectivity index is 1.81. The highest BCUT2D eigenvalue weighted by molar-refractivity contribution is 7.98. The summed E-state index contributed by atoms with van der Waals surface area (Å²) in [4.78, 5) is 0. The molecule has 0 N–H and O–H groups in total. The first-order valence-corrected chi connectivity index (χ1v) is 9.46. The largest absolute Gasteiger partial charge is 0.476 e. The van der Waals surface area contributed by atoms with Crippen LogP contribution in [0.3, 0.4) is 0 Å². The molecule has 2 aromatic heterocycles. The van der Waals surface area contributed by atoms with Crippen LogP contribution in [0.1, 0.15) is 19.4 Å². The molecule has 8 heteroatoms. The van der Waals surface area contributed by atoms with E-state index >= 15 is 0 Å². The fourth-order valence-corrected chi connectivity index (χ4v) is 3.36. The molecule has 1 aromatic carbocycles. The first-order valence-electron chi connectivity index (χ1n) is 8.09. The predicted molar refractivity (Wildman–Crippen MR) is 100 cm³/mol. The Morgan fingerprint density at radius 1 is 1.16 bits per heavy atom. The highest BCUT2D eigenvalue weighted by Crippen LogP contribution is 2.30. The second kappa shape index (κ2) is 7.93. The van der Waals surface area contributed by atoms with E-state index in [0.717, 1.165) is 33.9 Å². The zero-order valence-electron chi connectivity index (χ0n) is 14.4. The molecule has 6 nitrogen and oxygen atoms in total. The average Bonchev–Trinajstić information content (AvgIpc) is 3.18. The van der Waals surface area contributed by atoms with Gasteiger partial charge in [-0.15, -0.1) is 15.3 Å². The Labute approximate surface area is 156 Å². The van der Waals surface area contributed by atoms with Gasteiger partial charge in [-0.2, -0.15) is 0 Å². The molecule has 3 rings (SSSR count). The van der Waals surface area contributed by atoms with Crippen LogP contribution in [-0.4, -0.2) is 31.2 Å². The Kier molecular flexibility index (Phi) is 5.65. The van der Waals surface area contributed by atoms with Crippen molar-refractivity contribution in [2.45, 2.75) is 31.3 Å². The minimum Gasteiger partial charge on any atom is -0.476 e. The predicted octanol–water partition coefficient (Wildman–Crippen LogP) is 4.04. The molecule has 0 saturated heterocycles. The zero-order chi connectivity index (χ0) is 17.8. The van der Waals surface area contributed by atoms with Crippen molar-refractivity contribution in [1.82, 2.24) is 24.5 Å². The van der Waals surface area contributed by atoms with Crippen LogP contribution >= 0.6 is 23.4 Å². The summed E-state index contributed by atoms with van der Waals surface area (Å²) in [5, 5.41) is 14.7. The van der Waals surface area contributed by atoms with Gasteiger partial charge in [-0.1, -0.05) is 35.5 Å². The van der Waals surface area contributed by atoms with Gasteiger partial charge < -0.3 is 9.30 Å². The molecule has 2 heterocycles. The number of hydrogen-bond donors (Lipinski definition) is 0. The van der Waals surface area contributed by atoms with Crippen LogP contribution in [0.5, 0.6) is 5.88 Å². The molecule has 3 aromatic rings. The first-order chi connectivity index (χ1) is 12.1. The lowest BCUT2D eigenvalue weighted by Gasteiger charge is -2.05. The summed E-state index contributed by atoms with van der Waals surface area (Å²) in [7, 11) is 1.96. The third-order valence-corrected chi connectivity index (χ3v) is 5.03. The summed E-state index contributed by atoms with van der Waals surface area (Å²) in [5.41, 5.74) is 2.05. The smallest absolute Gasteiger partial charge is 0.243 e. The fourth-order valence-electron chi connectivity index (χ4n) is 2.37. The highest BCUT2D eigenvalue weighted by atomic mass is 35.5. The SMILES string of the molecule is CCOc1nn(CC)cc1-c1nnc(SCc2ccc(Cl)cc2)n1C. The van der Waals surface area contributed by atoms with Gasteiger partial charge in [-0.05, 0) is 31.5 Å². The van der Waals surface area contributed by atoms with Crippen LogP contribution in [0.4, 0.5) is 0 Å². The second-order valence-corrected chi connectivity index (χ2v) is 6.80. The minimum absolute atomic E-state index is 0.559. The summed E-state index contributed by atoms with van der Waals surface area (Å²) in [6.07, 6.45) is 1.95. The fraction of sp³-hybridized carbons (Fsp3) is 0.353. The number of aromatic nitrogens is 5. The van der Waals surface area contributed by atoms with Gasteiger partial charge in [0.15, 0.2) is 11.0 Å². The Hall–Kier alpha value is -1.99. The normalized spacial score (nSPS) is 11.0. The van der Waals surface area contributed by atoms with Crippen LogP contribution < -0.4 is 4.74 Å². The van der Waals surface area contributed by atoms with Crippen molar-refractivity contribution in [3.8, 4) is 17.3 Å². The van der Waals surface area contributed by atoms with E-state index in [1.54, 1.807) is 11.8 Å². The molecule has 0 radical (unpaired) electrons.